The predicted octanol–water partition coefficient (Wildman–Crippen LogP) is 4.36. The maximum atomic E-state index is 12.9. The van der Waals surface area contributed by atoms with E-state index in [0.717, 1.165) is 5.56 Å². The molecule has 162 valence electrons. The van der Waals surface area contributed by atoms with Crippen LogP contribution in [0.15, 0.2) is 36.4 Å². The Hall–Kier alpha value is -3.59. The number of hydrogen-bond donors (Lipinski definition) is 2. The number of aryl methyl sites for hydroxylation is 1. The number of methoxy groups -OCH3 is 3. The van der Waals surface area contributed by atoms with Crippen LogP contribution in [0.4, 0.5) is 11.4 Å². The van der Waals surface area contributed by atoms with Crippen molar-refractivity contribution < 1.29 is 23.8 Å². The van der Waals surface area contributed by atoms with Crippen LogP contribution < -0.4 is 24.8 Å². The molecule has 0 radical (unpaired) electrons. The molecule has 2 aromatic carbocycles. The number of anilines is 2. The molecule has 0 atom stereocenters. The molecule has 3 rings (SSSR count). The molecule has 0 aliphatic rings. The number of rotatable bonds is 7. The minimum Gasteiger partial charge on any atom is -0.495 e. The van der Waals surface area contributed by atoms with Crippen LogP contribution >= 0.6 is 11.3 Å². The van der Waals surface area contributed by atoms with Crippen LogP contribution in [0.25, 0.3) is 10.6 Å². The van der Waals surface area contributed by atoms with E-state index >= 15 is 0 Å². The third kappa shape index (κ3) is 4.95. The van der Waals surface area contributed by atoms with Crippen molar-refractivity contribution in [3.8, 4) is 27.8 Å². The number of aromatic nitrogens is 1. The van der Waals surface area contributed by atoms with Gasteiger partial charge in [-0.05, 0) is 43.3 Å². The van der Waals surface area contributed by atoms with Gasteiger partial charge in [-0.3, -0.25) is 9.59 Å². The van der Waals surface area contributed by atoms with Crippen LogP contribution in [0.5, 0.6) is 17.2 Å². The number of hydrogen-bond acceptors (Lipinski definition) is 7. The molecular weight excluding hydrogens is 418 g/mol. The first kappa shape index (κ1) is 22.1. The number of benzene rings is 2. The molecule has 0 saturated carbocycles. The molecule has 0 aliphatic heterocycles. The number of nitrogens with zero attached hydrogens (tertiary/aromatic N) is 1. The standard InChI is InChI=1S/C22H23N3O5S/c1-12-20(31-22(23-12)14-6-8-18(29-4)19(10-14)30-5)21(27)25-15-7-9-17(28-3)16(11-15)24-13(2)26/h6-11H,1-5H3,(H,24,26)(H,25,27). The molecule has 0 unspecified atom stereocenters. The molecule has 0 saturated heterocycles. The highest BCUT2D eigenvalue weighted by Crippen LogP contribution is 2.35. The van der Waals surface area contributed by atoms with E-state index in [1.165, 1.54) is 25.4 Å². The van der Waals surface area contributed by atoms with Crippen molar-refractivity contribution >= 4 is 34.5 Å². The van der Waals surface area contributed by atoms with Gasteiger partial charge in [0.05, 0.1) is 32.7 Å². The van der Waals surface area contributed by atoms with E-state index in [-0.39, 0.29) is 11.8 Å². The van der Waals surface area contributed by atoms with E-state index in [9.17, 15) is 9.59 Å². The SMILES string of the molecule is COc1ccc(NC(=O)c2sc(-c3ccc(OC)c(OC)c3)nc2C)cc1NC(C)=O. The van der Waals surface area contributed by atoms with Crippen molar-refractivity contribution in [2.24, 2.45) is 0 Å². The third-order valence-electron chi connectivity index (χ3n) is 4.40. The molecule has 1 heterocycles. The van der Waals surface area contributed by atoms with E-state index in [0.29, 0.717) is 44.2 Å². The summed E-state index contributed by atoms with van der Waals surface area (Å²) in [7, 11) is 4.65. The summed E-state index contributed by atoms with van der Waals surface area (Å²) < 4.78 is 15.9. The fourth-order valence-corrected chi connectivity index (χ4v) is 3.92. The van der Waals surface area contributed by atoms with Gasteiger partial charge >= 0.3 is 0 Å². The summed E-state index contributed by atoms with van der Waals surface area (Å²) in [6.07, 6.45) is 0. The van der Waals surface area contributed by atoms with Crippen molar-refractivity contribution in [3.05, 3.63) is 47.0 Å². The summed E-state index contributed by atoms with van der Waals surface area (Å²) in [5.41, 5.74) is 2.43. The zero-order valence-electron chi connectivity index (χ0n) is 17.9. The predicted molar refractivity (Wildman–Crippen MR) is 121 cm³/mol. The zero-order chi connectivity index (χ0) is 22.5. The fourth-order valence-electron chi connectivity index (χ4n) is 2.96. The van der Waals surface area contributed by atoms with Gasteiger partial charge in [0.2, 0.25) is 5.91 Å². The van der Waals surface area contributed by atoms with Crippen molar-refractivity contribution in [2.75, 3.05) is 32.0 Å². The molecule has 1 aromatic heterocycles. The molecule has 3 aromatic rings. The largest absolute Gasteiger partial charge is 0.495 e. The Kier molecular flexibility index (Phi) is 6.76. The molecule has 9 heteroatoms. The Morgan fingerprint density at radius 1 is 0.903 bits per heavy atom. The van der Waals surface area contributed by atoms with E-state index in [2.05, 4.69) is 15.6 Å². The lowest BCUT2D eigenvalue weighted by Gasteiger charge is -2.11. The number of thiazole rings is 1. The monoisotopic (exact) mass is 441 g/mol. The quantitative estimate of drug-likeness (QED) is 0.565. The first-order chi connectivity index (χ1) is 14.9. The molecule has 31 heavy (non-hydrogen) atoms. The maximum Gasteiger partial charge on any atom is 0.267 e. The van der Waals surface area contributed by atoms with Gasteiger partial charge in [-0.25, -0.2) is 4.98 Å². The Balaban J connectivity index is 1.86. The van der Waals surface area contributed by atoms with Crippen LogP contribution in [-0.4, -0.2) is 38.1 Å². The fraction of sp³-hybridized carbons (Fsp3) is 0.227. The molecule has 2 amide bonds. The van der Waals surface area contributed by atoms with Crippen LogP contribution in [0.3, 0.4) is 0 Å². The summed E-state index contributed by atoms with van der Waals surface area (Å²) in [4.78, 5) is 29.3. The van der Waals surface area contributed by atoms with Gasteiger partial charge < -0.3 is 24.8 Å². The summed E-state index contributed by atoms with van der Waals surface area (Å²) in [6.45, 7) is 3.19. The Morgan fingerprint density at radius 2 is 1.58 bits per heavy atom. The lowest BCUT2D eigenvalue weighted by Crippen LogP contribution is -2.13. The van der Waals surface area contributed by atoms with Crippen molar-refractivity contribution in [3.63, 3.8) is 0 Å². The van der Waals surface area contributed by atoms with Crippen LogP contribution in [0, 0.1) is 6.92 Å². The lowest BCUT2D eigenvalue weighted by atomic mass is 10.2. The van der Waals surface area contributed by atoms with Gasteiger partial charge in [0.25, 0.3) is 5.91 Å². The smallest absolute Gasteiger partial charge is 0.267 e. The number of ether oxygens (including phenoxy) is 3. The lowest BCUT2D eigenvalue weighted by molar-refractivity contribution is -0.114. The van der Waals surface area contributed by atoms with E-state index in [1.807, 2.05) is 12.1 Å². The molecule has 0 bridgehead atoms. The van der Waals surface area contributed by atoms with E-state index in [4.69, 9.17) is 14.2 Å². The van der Waals surface area contributed by atoms with Crippen molar-refractivity contribution in [2.45, 2.75) is 13.8 Å². The third-order valence-corrected chi connectivity index (χ3v) is 5.61. The summed E-state index contributed by atoms with van der Waals surface area (Å²) in [6, 6.07) is 10.5. The van der Waals surface area contributed by atoms with Crippen molar-refractivity contribution in [1.29, 1.82) is 0 Å². The van der Waals surface area contributed by atoms with Gasteiger partial charge in [-0.2, -0.15) is 0 Å². The number of carbonyl (C=O) groups excluding carboxylic acids is 2. The molecule has 8 nitrogen and oxygen atoms in total. The van der Waals surface area contributed by atoms with E-state index in [1.54, 1.807) is 45.4 Å². The normalized spacial score (nSPS) is 10.4. The summed E-state index contributed by atoms with van der Waals surface area (Å²) >= 11 is 1.28. The first-order valence-corrected chi connectivity index (χ1v) is 10.1. The highest BCUT2D eigenvalue weighted by atomic mass is 32.1. The maximum absolute atomic E-state index is 12.9. The molecule has 0 spiro atoms. The minimum absolute atomic E-state index is 0.236. The minimum atomic E-state index is -0.291. The van der Waals surface area contributed by atoms with Crippen LogP contribution in [-0.2, 0) is 4.79 Å². The van der Waals surface area contributed by atoms with Gasteiger partial charge in [0, 0.05) is 18.2 Å². The van der Waals surface area contributed by atoms with Crippen LogP contribution in [0.1, 0.15) is 22.3 Å². The second kappa shape index (κ2) is 9.48. The number of nitrogens with one attached hydrogen (secondary N) is 2. The Bertz CT molecular complexity index is 1130. The molecule has 0 aliphatic carbocycles. The van der Waals surface area contributed by atoms with Gasteiger partial charge in [-0.1, -0.05) is 0 Å². The summed E-state index contributed by atoms with van der Waals surface area (Å²) in [5.74, 6) is 1.17. The molecule has 0 fully saturated rings. The second-order valence-electron chi connectivity index (χ2n) is 6.55. The van der Waals surface area contributed by atoms with Gasteiger partial charge in [-0.15, -0.1) is 11.3 Å². The summed E-state index contributed by atoms with van der Waals surface area (Å²) in [5, 5.41) is 6.23. The van der Waals surface area contributed by atoms with E-state index < -0.39 is 0 Å². The average Bonchev–Trinajstić information content (AvgIpc) is 3.14. The average molecular weight is 442 g/mol. The highest BCUT2D eigenvalue weighted by Gasteiger charge is 2.18. The second-order valence-corrected chi connectivity index (χ2v) is 7.55. The van der Waals surface area contributed by atoms with Gasteiger partial charge in [0.15, 0.2) is 11.5 Å². The molecule has 2 N–H and O–H groups in total. The number of carbonyl (C=O) groups is 2. The van der Waals surface area contributed by atoms with Gasteiger partial charge in [0.1, 0.15) is 15.6 Å². The Labute approximate surface area is 184 Å². The zero-order valence-corrected chi connectivity index (χ0v) is 18.7. The van der Waals surface area contributed by atoms with Crippen LogP contribution in [0.2, 0.25) is 0 Å². The highest BCUT2D eigenvalue weighted by molar-refractivity contribution is 7.17. The first-order valence-electron chi connectivity index (χ1n) is 9.33. The Morgan fingerprint density at radius 3 is 2.23 bits per heavy atom. The topological polar surface area (TPSA) is 98.8 Å². The molecular formula is C22H23N3O5S. The number of amides is 2. The van der Waals surface area contributed by atoms with Crippen molar-refractivity contribution in [1.82, 2.24) is 4.98 Å².